The van der Waals surface area contributed by atoms with Crippen LogP contribution in [0.15, 0.2) is 21.3 Å². The number of hydrogen-bond acceptors (Lipinski definition) is 8. The van der Waals surface area contributed by atoms with Crippen LogP contribution in [0.5, 0.6) is 5.75 Å². The molecule has 0 spiro atoms. The van der Waals surface area contributed by atoms with Crippen LogP contribution in [-0.2, 0) is 11.3 Å². The molecular weight excluding hydrogens is 453 g/mol. The van der Waals surface area contributed by atoms with Crippen LogP contribution in [0.4, 0.5) is 13.2 Å². The van der Waals surface area contributed by atoms with E-state index < -0.39 is 56.3 Å². The van der Waals surface area contributed by atoms with E-state index in [1.165, 1.54) is 12.1 Å². The largest absolute Gasteiger partial charge is 0.492 e. The molecular formula is C17H22ClF3N2O8. The second-order valence-corrected chi connectivity index (χ2v) is 6.87. The number of fused-ring (bicyclic) bond motifs is 1. The highest BCUT2D eigenvalue weighted by atomic mass is 35.5. The maximum absolute atomic E-state index is 12.1. The van der Waals surface area contributed by atoms with Gasteiger partial charge in [0, 0.05) is 12.6 Å². The minimum absolute atomic E-state index is 0.00968. The fourth-order valence-corrected chi connectivity index (χ4v) is 2.23. The van der Waals surface area contributed by atoms with E-state index in [9.17, 15) is 22.8 Å². The standard InChI is InChI=1S/C13H11ClF3NO5.C4H11NO3/c14-7-5-8-10(6-9(7)22-4-2-13(15,16)17)23-12(21)18(8)3-1-11(19)20;5-4(1-6,2-7)3-8/h5-6H,1-4H2,(H,19,20);6-8H,1-3,5H2. The fourth-order valence-electron chi connectivity index (χ4n) is 2.02. The molecule has 2 rings (SSSR count). The predicted octanol–water partition coefficient (Wildman–Crippen LogP) is 0.715. The number of aryl methyl sites for hydroxylation is 1. The van der Waals surface area contributed by atoms with Crippen molar-refractivity contribution >= 4 is 28.7 Å². The number of oxazole rings is 1. The lowest BCUT2D eigenvalue weighted by Crippen LogP contribution is -2.50. The minimum Gasteiger partial charge on any atom is -0.492 e. The molecule has 14 heteroatoms. The van der Waals surface area contributed by atoms with Gasteiger partial charge in [0.2, 0.25) is 0 Å². The van der Waals surface area contributed by atoms with Crippen molar-refractivity contribution in [3.05, 3.63) is 27.7 Å². The smallest absolute Gasteiger partial charge is 0.419 e. The van der Waals surface area contributed by atoms with E-state index in [2.05, 4.69) is 0 Å². The van der Waals surface area contributed by atoms with Gasteiger partial charge in [-0.15, -0.1) is 0 Å². The number of carbonyl (C=O) groups is 1. The van der Waals surface area contributed by atoms with Crippen LogP contribution in [0.1, 0.15) is 12.8 Å². The van der Waals surface area contributed by atoms with Gasteiger partial charge in [0.15, 0.2) is 5.58 Å². The van der Waals surface area contributed by atoms with Crippen molar-refractivity contribution < 1.29 is 47.5 Å². The maximum atomic E-state index is 12.1. The van der Waals surface area contributed by atoms with Gasteiger partial charge in [0.05, 0.1) is 55.3 Å². The van der Waals surface area contributed by atoms with E-state index in [4.69, 9.17) is 46.9 Å². The normalized spacial score (nSPS) is 11.9. The van der Waals surface area contributed by atoms with Gasteiger partial charge in [0.1, 0.15) is 5.75 Å². The first-order valence-electron chi connectivity index (χ1n) is 8.71. The number of ether oxygens (including phenoxy) is 1. The van der Waals surface area contributed by atoms with Crippen molar-refractivity contribution in [2.45, 2.75) is 31.1 Å². The van der Waals surface area contributed by atoms with E-state index in [0.717, 1.165) is 4.57 Å². The van der Waals surface area contributed by atoms with E-state index in [-0.39, 0.29) is 34.8 Å². The van der Waals surface area contributed by atoms with Crippen molar-refractivity contribution in [2.75, 3.05) is 26.4 Å². The predicted molar refractivity (Wildman–Crippen MR) is 102 cm³/mol. The van der Waals surface area contributed by atoms with Crippen LogP contribution < -0.4 is 16.2 Å². The molecule has 1 heterocycles. The molecule has 31 heavy (non-hydrogen) atoms. The number of rotatable bonds is 9. The zero-order valence-corrected chi connectivity index (χ0v) is 16.8. The Bertz CT molecular complexity index is 916. The number of hydrogen-bond donors (Lipinski definition) is 5. The molecule has 0 aliphatic rings. The highest BCUT2D eigenvalue weighted by Crippen LogP contribution is 2.31. The Morgan fingerprint density at radius 2 is 1.77 bits per heavy atom. The third-order valence-corrected chi connectivity index (χ3v) is 4.15. The zero-order valence-electron chi connectivity index (χ0n) is 16.1. The van der Waals surface area contributed by atoms with E-state index in [1.807, 2.05) is 0 Å². The maximum Gasteiger partial charge on any atom is 0.419 e. The molecule has 2 aromatic rings. The summed E-state index contributed by atoms with van der Waals surface area (Å²) in [6.07, 6.45) is -5.80. The van der Waals surface area contributed by atoms with Gasteiger partial charge < -0.3 is 35.3 Å². The minimum atomic E-state index is -4.36. The summed E-state index contributed by atoms with van der Waals surface area (Å²) < 4.78 is 47.2. The Kier molecular flexibility index (Phi) is 9.77. The summed E-state index contributed by atoms with van der Waals surface area (Å²) in [6, 6.07) is 2.49. The topological polar surface area (TPSA) is 168 Å². The summed E-state index contributed by atoms with van der Waals surface area (Å²) in [7, 11) is 0. The van der Waals surface area contributed by atoms with Gasteiger partial charge >= 0.3 is 17.9 Å². The Hall–Kier alpha value is -2.32. The molecule has 10 nitrogen and oxygen atoms in total. The molecule has 0 saturated heterocycles. The molecule has 0 fully saturated rings. The lowest BCUT2D eigenvalue weighted by atomic mass is 10.1. The Morgan fingerprint density at radius 1 is 1.19 bits per heavy atom. The molecule has 0 bridgehead atoms. The summed E-state index contributed by atoms with van der Waals surface area (Å²) in [4.78, 5) is 22.3. The van der Waals surface area contributed by atoms with Crippen LogP contribution in [0.2, 0.25) is 5.02 Å². The number of aliphatic carboxylic acids is 1. The van der Waals surface area contributed by atoms with E-state index in [1.54, 1.807) is 0 Å². The Balaban J connectivity index is 0.000000512. The number of aromatic nitrogens is 1. The summed E-state index contributed by atoms with van der Waals surface area (Å²) >= 11 is 5.92. The number of aliphatic hydroxyl groups is 3. The number of carboxylic acids is 1. The van der Waals surface area contributed by atoms with Crippen molar-refractivity contribution in [2.24, 2.45) is 5.73 Å². The van der Waals surface area contributed by atoms with Gasteiger partial charge in [-0.2, -0.15) is 13.2 Å². The number of aliphatic hydroxyl groups excluding tert-OH is 3. The van der Waals surface area contributed by atoms with Gasteiger partial charge in [-0.3, -0.25) is 9.36 Å². The highest BCUT2D eigenvalue weighted by Gasteiger charge is 2.27. The summed E-state index contributed by atoms with van der Waals surface area (Å²) in [5.41, 5.74) is 4.23. The molecule has 0 saturated carbocycles. The molecule has 1 aromatic heterocycles. The van der Waals surface area contributed by atoms with Crippen molar-refractivity contribution in [1.82, 2.24) is 4.57 Å². The SMILES string of the molecule is NC(CO)(CO)CO.O=C(O)CCn1c(=O)oc2cc(OCCC(F)(F)F)c(Cl)cc21. The number of alkyl halides is 3. The Labute approximate surface area is 178 Å². The molecule has 0 radical (unpaired) electrons. The van der Waals surface area contributed by atoms with Crippen molar-refractivity contribution in [1.29, 1.82) is 0 Å². The summed E-state index contributed by atoms with van der Waals surface area (Å²) in [6.45, 7) is -1.95. The molecule has 0 aliphatic carbocycles. The fraction of sp³-hybridized carbons (Fsp3) is 0.529. The quantitative estimate of drug-likeness (QED) is 0.351. The van der Waals surface area contributed by atoms with Gasteiger partial charge in [-0.25, -0.2) is 4.79 Å². The van der Waals surface area contributed by atoms with E-state index >= 15 is 0 Å². The molecule has 1 aromatic carbocycles. The lowest BCUT2D eigenvalue weighted by molar-refractivity contribution is -0.139. The first kappa shape index (κ1) is 26.7. The molecule has 176 valence electrons. The van der Waals surface area contributed by atoms with Crippen LogP contribution >= 0.6 is 11.6 Å². The number of carboxylic acid groups (broad SMARTS) is 1. The first-order valence-corrected chi connectivity index (χ1v) is 9.09. The summed E-state index contributed by atoms with van der Waals surface area (Å²) in [5.74, 6) is -1.93. The molecule has 0 unspecified atom stereocenters. The van der Waals surface area contributed by atoms with Gasteiger partial charge in [0.25, 0.3) is 0 Å². The number of nitrogens with zero attached hydrogens (tertiary/aromatic N) is 1. The molecule has 0 atom stereocenters. The van der Waals surface area contributed by atoms with Crippen LogP contribution in [0.3, 0.4) is 0 Å². The van der Waals surface area contributed by atoms with Crippen molar-refractivity contribution in [3.63, 3.8) is 0 Å². The number of halogens is 4. The molecule has 0 aliphatic heterocycles. The average Bonchev–Trinajstić information content (AvgIpc) is 2.99. The molecule has 0 amide bonds. The summed E-state index contributed by atoms with van der Waals surface area (Å²) in [5, 5.41) is 33.7. The second kappa shape index (κ2) is 11.3. The second-order valence-electron chi connectivity index (χ2n) is 6.46. The van der Waals surface area contributed by atoms with E-state index in [0.29, 0.717) is 0 Å². The van der Waals surface area contributed by atoms with Crippen LogP contribution in [-0.4, -0.2) is 69.1 Å². The highest BCUT2D eigenvalue weighted by molar-refractivity contribution is 6.32. The third-order valence-electron chi connectivity index (χ3n) is 3.86. The molecule has 6 N–H and O–H groups in total. The first-order chi connectivity index (χ1) is 14.4. The zero-order chi connectivity index (χ0) is 23.8. The number of benzene rings is 1. The van der Waals surface area contributed by atoms with Gasteiger partial charge in [-0.05, 0) is 6.07 Å². The Morgan fingerprint density at radius 3 is 2.23 bits per heavy atom. The lowest BCUT2D eigenvalue weighted by Gasteiger charge is -2.20. The van der Waals surface area contributed by atoms with Gasteiger partial charge in [-0.1, -0.05) is 11.6 Å². The average molecular weight is 475 g/mol. The van der Waals surface area contributed by atoms with Crippen LogP contribution in [0, 0.1) is 0 Å². The van der Waals surface area contributed by atoms with Crippen molar-refractivity contribution in [3.8, 4) is 5.75 Å². The third kappa shape index (κ3) is 8.38. The monoisotopic (exact) mass is 474 g/mol. The van der Waals surface area contributed by atoms with Crippen LogP contribution in [0.25, 0.3) is 11.1 Å². The number of nitrogens with two attached hydrogens (primary N) is 1.